The molecule has 45 heavy (non-hydrogen) atoms. The van der Waals surface area contributed by atoms with Gasteiger partial charge in [-0.25, -0.2) is 4.79 Å². The average Bonchev–Trinajstić information content (AvgIpc) is 3.07. The SMILES string of the molecule is CCCCCCCCCCCCOC(C)c1ccc(C(=O)Oc2ccc(-c3ccc(OCCCCCCCC)cc3)cc2)cc1. The van der Waals surface area contributed by atoms with Gasteiger partial charge in [0.15, 0.2) is 0 Å². The molecule has 1 atom stereocenters. The molecule has 4 nitrogen and oxygen atoms in total. The van der Waals surface area contributed by atoms with Crippen molar-refractivity contribution >= 4 is 5.97 Å². The number of carbonyl (C=O) groups is 1. The molecule has 0 radical (unpaired) electrons. The molecule has 3 aromatic rings. The Morgan fingerprint density at radius 3 is 1.49 bits per heavy atom. The van der Waals surface area contributed by atoms with Gasteiger partial charge >= 0.3 is 5.97 Å². The predicted octanol–water partition coefficient (Wildman–Crippen LogP) is 12.3. The fourth-order valence-corrected chi connectivity index (χ4v) is 5.53. The van der Waals surface area contributed by atoms with E-state index in [1.54, 1.807) is 0 Å². The molecule has 246 valence electrons. The quantitative estimate of drug-likeness (QED) is 0.0572. The summed E-state index contributed by atoms with van der Waals surface area (Å²) in [6, 6.07) is 23.4. The molecule has 3 aromatic carbocycles. The van der Waals surface area contributed by atoms with E-state index in [1.165, 1.54) is 89.9 Å². The van der Waals surface area contributed by atoms with Crippen LogP contribution in [0.3, 0.4) is 0 Å². The summed E-state index contributed by atoms with van der Waals surface area (Å²) < 4.78 is 17.6. The highest BCUT2D eigenvalue weighted by atomic mass is 16.5. The average molecular weight is 615 g/mol. The fourth-order valence-electron chi connectivity index (χ4n) is 5.53. The molecular weight excluding hydrogens is 556 g/mol. The Balaban J connectivity index is 1.33. The molecule has 3 rings (SSSR count). The van der Waals surface area contributed by atoms with Gasteiger partial charge in [-0.3, -0.25) is 0 Å². The third kappa shape index (κ3) is 14.7. The molecule has 0 spiro atoms. The molecule has 0 amide bonds. The van der Waals surface area contributed by atoms with Crippen LogP contribution >= 0.6 is 0 Å². The predicted molar refractivity (Wildman–Crippen MR) is 188 cm³/mol. The third-order valence-electron chi connectivity index (χ3n) is 8.50. The maximum absolute atomic E-state index is 12.8. The zero-order valence-corrected chi connectivity index (χ0v) is 28.4. The molecule has 0 N–H and O–H groups in total. The Hall–Kier alpha value is -3.11. The van der Waals surface area contributed by atoms with Gasteiger partial charge < -0.3 is 14.2 Å². The minimum atomic E-state index is -0.361. The molecule has 4 heteroatoms. The molecule has 0 saturated heterocycles. The smallest absolute Gasteiger partial charge is 0.343 e. The zero-order valence-electron chi connectivity index (χ0n) is 28.4. The van der Waals surface area contributed by atoms with Crippen LogP contribution in [-0.2, 0) is 4.74 Å². The molecular formula is C41H58O4. The van der Waals surface area contributed by atoms with E-state index < -0.39 is 0 Å². The maximum atomic E-state index is 12.8. The molecule has 0 saturated carbocycles. The summed E-state index contributed by atoms with van der Waals surface area (Å²) in [7, 11) is 0. The van der Waals surface area contributed by atoms with Crippen molar-refractivity contribution in [1.82, 2.24) is 0 Å². The largest absolute Gasteiger partial charge is 0.494 e. The van der Waals surface area contributed by atoms with Gasteiger partial charge in [-0.05, 0) is 72.9 Å². The first-order valence-electron chi connectivity index (χ1n) is 17.9. The summed E-state index contributed by atoms with van der Waals surface area (Å²) in [5.41, 5.74) is 3.76. The van der Waals surface area contributed by atoms with Crippen molar-refractivity contribution in [2.45, 2.75) is 130 Å². The van der Waals surface area contributed by atoms with Crippen molar-refractivity contribution in [3.05, 3.63) is 83.9 Å². The Labute approximate surface area is 273 Å². The summed E-state index contributed by atoms with van der Waals surface area (Å²) in [5.74, 6) is 1.07. The fraction of sp³-hybridized carbons (Fsp3) is 0.537. The number of unbranched alkanes of at least 4 members (excludes halogenated alkanes) is 14. The highest BCUT2D eigenvalue weighted by Crippen LogP contribution is 2.26. The van der Waals surface area contributed by atoms with Crippen molar-refractivity contribution in [2.75, 3.05) is 13.2 Å². The lowest BCUT2D eigenvalue weighted by molar-refractivity contribution is 0.0626. The van der Waals surface area contributed by atoms with Crippen LogP contribution < -0.4 is 9.47 Å². The first-order chi connectivity index (χ1) is 22.1. The molecule has 0 aromatic heterocycles. The van der Waals surface area contributed by atoms with Gasteiger partial charge in [0.2, 0.25) is 0 Å². The summed E-state index contributed by atoms with van der Waals surface area (Å²) in [6.45, 7) is 8.12. The van der Waals surface area contributed by atoms with Crippen molar-refractivity contribution < 1.29 is 19.0 Å². The van der Waals surface area contributed by atoms with Crippen LogP contribution in [0.2, 0.25) is 0 Å². The number of benzene rings is 3. The van der Waals surface area contributed by atoms with Gasteiger partial charge in [0.05, 0.1) is 18.3 Å². The minimum absolute atomic E-state index is 0.00197. The zero-order chi connectivity index (χ0) is 32.0. The number of ether oxygens (including phenoxy) is 3. The van der Waals surface area contributed by atoms with E-state index >= 15 is 0 Å². The van der Waals surface area contributed by atoms with Crippen molar-refractivity contribution in [3.63, 3.8) is 0 Å². The second-order valence-electron chi connectivity index (χ2n) is 12.4. The van der Waals surface area contributed by atoms with Gasteiger partial charge in [-0.2, -0.15) is 0 Å². The summed E-state index contributed by atoms with van der Waals surface area (Å²) in [6.07, 6.45) is 20.8. The van der Waals surface area contributed by atoms with E-state index in [0.29, 0.717) is 11.3 Å². The number of rotatable bonds is 24. The van der Waals surface area contributed by atoms with Gasteiger partial charge in [-0.1, -0.05) is 140 Å². The molecule has 0 aliphatic heterocycles. The van der Waals surface area contributed by atoms with Crippen LogP contribution in [0, 0.1) is 0 Å². The van der Waals surface area contributed by atoms with Crippen molar-refractivity contribution in [3.8, 4) is 22.6 Å². The van der Waals surface area contributed by atoms with E-state index in [9.17, 15) is 4.79 Å². The molecule has 0 aliphatic carbocycles. The third-order valence-corrected chi connectivity index (χ3v) is 8.50. The van der Waals surface area contributed by atoms with Gasteiger partial charge in [0.25, 0.3) is 0 Å². The first kappa shape index (κ1) is 36.4. The lowest BCUT2D eigenvalue weighted by Crippen LogP contribution is -2.09. The highest BCUT2D eigenvalue weighted by molar-refractivity contribution is 5.91. The Morgan fingerprint density at radius 1 is 0.533 bits per heavy atom. The summed E-state index contributed by atoms with van der Waals surface area (Å²) >= 11 is 0. The minimum Gasteiger partial charge on any atom is -0.494 e. The van der Waals surface area contributed by atoms with E-state index in [1.807, 2.05) is 60.7 Å². The Kier molecular flexibility index (Phi) is 18.1. The lowest BCUT2D eigenvalue weighted by atomic mass is 10.1. The van der Waals surface area contributed by atoms with Crippen LogP contribution in [-0.4, -0.2) is 19.2 Å². The van der Waals surface area contributed by atoms with Gasteiger partial charge in [-0.15, -0.1) is 0 Å². The number of hydrogen-bond donors (Lipinski definition) is 0. The van der Waals surface area contributed by atoms with Crippen molar-refractivity contribution in [1.29, 1.82) is 0 Å². The lowest BCUT2D eigenvalue weighted by Gasteiger charge is -2.14. The number of carbonyl (C=O) groups excluding carboxylic acids is 1. The number of esters is 1. The normalized spacial score (nSPS) is 11.8. The topological polar surface area (TPSA) is 44.8 Å². The van der Waals surface area contributed by atoms with E-state index in [-0.39, 0.29) is 12.1 Å². The molecule has 0 bridgehead atoms. The maximum Gasteiger partial charge on any atom is 0.343 e. The first-order valence-corrected chi connectivity index (χ1v) is 17.9. The molecule has 0 heterocycles. The highest BCUT2D eigenvalue weighted by Gasteiger charge is 2.12. The van der Waals surface area contributed by atoms with Crippen LogP contribution in [0.15, 0.2) is 72.8 Å². The van der Waals surface area contributed by atoms with Crippen molar-refractivity contribution in [2.24, 2.45) is 0 Å². The van der Waals surface area contributed by atoms with Crippen LogP contribution in [0.25, 0.3) is 11.1 Å². The van der Waals surface area contributed by atoms with Crippen LogP contribution in [0.4, 0.5) is 0 Å². The Bertz CT molecular complexity index is 1170. The second-order valence-corrected chi connectivity index (χ2v) is 12.4. The second kappa shape index (κ2) is 22.4. The monoisotopic (exact) mass is 614 g/mol. The molecule has 0 aliphatic rings. The summed E-state index contributed by atoms with van der Waals surface area (Å²) in [4.78, 5) is 12.8. The van der Waals surface area contributed by atoms with Crippen LogP contribution in [0.1, 0.15) is 146 Å². The molecule has 1 unspecified atom stereocenters. The standard InChI is InChI=1S/C41H58O4/c1-4-6-8-10-12-13-14-15-17-18-32-43-34(3)35-20-22-38(23-21-35)41(42)45-40-30-26-37(27-31-40)36-24-28-39(29-25-36)44-33-19-16-11-9-7-5-2/h20-31,34H,4-19,32-33H2,1-3H3. The number of hydrogen-bond acceptors (Lipinski definition) is 4. The van der Waals surface area contributed by atoms with E-state index in [0.717, 1.165) is 48.5 Å². The molecule has 0 fully saturated rings. The van der Waals surface area contributed by atoms with Crippen LogP contribution in [0.5, 0.6) is 11.5 Å². The van der Waals surface area contributed by atoms with E-state index in [4.69, 9.17) is 14.2 Å². The van der Waals surface area contributed by atoms with Gasteiger partial charge in [0.1, 0.15) is 11.5 Å². The van der Waals surface area contributed by atoms with E-state index in [2.05, 4.69) is 32.9 Å². The Morgan fingerprint density at radius 2 is 0.978 bits per heavy atom. The summed E-state index contributed by atoms with van der Waals surface area (Å²) in [5, 5.41) is 0. The van der Waals surface area contributed by atoms with Gasteiger partial charge in [0, 0.05) is 6.61 Å².